The van der Waals surface area contributed by atoms with Crippen LogP contribution in [0.4, 0.5) is 0 Å². The SMILES string of the molecule is COc1cc(C#N)cc(OCCN2CCCC2)c1. The van der Waals surface area contributed by atoms with Gasteiger partial charge in [0.25, 0.3) is 0 Å². The van der Waals surface area contributed by atoms with E-state index in [1.54, 1.807) is 19.2 Å². The zero-order valence-electron chi connectivity index (χ0n) is 10.7. The van der Waals surface area contributed by atoms with E-state index in [9.17, 15) is 0 Å². The number of nitriles is 1. The summed E-state index contributed by atoms with van der Waals surface area (Å²) in [6, 6.07) is 7.36. The van der Waals surface area contributed by atoms with Gasteiger partial charge in [-0.1, -0.05) is 0 Å². The van der Waals surface area contributed by atoms with Crippen molar-refractivity contribution in [3.8, 4) is 17.6 Å². The Hall–Kier alpha value is -1.73. The van der Waals surface area contributed by atoms with E-state index in [1.807, 2.05) is 6.07 Å². The Labute approximate surface area is 108 Å². The van der Waals surface area contributed by atoms with Crippen LogP contribution in [0.5, 0.6) is 11.5 Å². The minimum Gasteiger partial charge on any atom is -0.497 e. The molecule has 18 heavy (non-hydrogen) atoms. The molecule has 1 aromatic rings. The molecule has 0 aromatic heterocycles. The van der Waals surface area contributed by atoms with Crippen LogP contribution in [0.15, 0.2) is 18.2 Å². The third kappa shape index (κ3) is 3.38. The first-order valence-corrected chi connectivity index (χ1v) is 6.26. The van der Waals surface area contributed by atoms with Crippen molar-refractivity contribution in [2.24, 2.45) is 0 Å². The predicted molar refractivity (Wildman–Crippen MR) is 68.9 cm³/mol. The summed E-state index contributed by atoms with van der Waals surface area (Å²) in [5.74, 6) is 1.36. The fourth-order valence-corrected chi connectivity index (χ4v) is 2.14. The van der Waals surface area contributed by atoms with E-state index in [2.05, 4.69) is 11.0 Å². The average Bonchev–Trinajstić information content (AvgIpc) is 2.91. The van der Waals surface area contributed by atoms with Gasteiger partial charge in [0.1, 0.15) is 18.1 Å². The first-order chi connectivity index (χ1) is 8.81. The molecule has 0 unspecified atom stereocenters. The molecule has 1 aliphatic rings. The van der Waals surface area contributed by atoms with Crippen LogP contribution < -0.4 is 9.47 Å². The molecule has 1 aromatic carbocycles. The van der Waals surface area contributed by atoms with Gasteiger partial charge in [-0.25, -0.2) is 0 Å². The molecule has 1 heterocycles. The van der Waals surface area contributed by atoms with Gasteiger partial charge < -0.3 is 9.47 Å². The lowest BCUT2D eigenvalue weighted by Gasteiger charge is -2.15. The van der Waals surface area contributed by atoms with Crippen molar-refractivity contribution >= 4 is 0 Å². The zero-order valence-corrected chi connectivity index (χ0v) is 10.7. The summed E-state index contributed by atoms with van der Waals surface area (Å²) in [5, 5.41) is 8.91. The van der Waals surface area contributed by atoms with Crippen LogP contribution in [-0.4, -0.2) is 38.3 Å². The van der Waals surface area contributed by atoms with Crippen LogP contribution in [0.3, 0.4) is 0 Å². The molecule has 96 valence electrons. The minimum absolute atomic E-state index is 0.561. The van der Waals surface area contributed by atoms with E-state index in [0.717, 1.165) is 6.54 Å². The maximum atomic E-state index is 8.91. The van der Waals surface area contributed by atoms with Gasteiger partial charge in [0.2, 0.25) is 0 Å². The van der Waals surface area contributed by atoms with Crippen molar-refractivity contribution in [3.05, 3.63) is 23.8 Å². The topological polar surface area (TPSA) is 45.5 Å². The molecular formula is C14H18N2O2. The maximum Gasteiger partial charge on any atom is 0.124 e. The molecule has 1 saturated heterocycles. The third-order valence-corrected chi connectivity index (χ3v) is 3.12. The van der Waals surface area contributed by atoms with E-state index in [-0.39, 0.29) is 0 Å². The van der Waals surface area contributed by atoms with Crippen LogP contribution in [0.25, 0.3) is 0 Å². The smallest absolute Gasteiger partial charge is 0.124 e. The number of ether oxygens (including phenoxy) is 2. The van der Waals surface area contributed by atoms with Crippen molar-refractivity contribution in [2.75, 3.05) is 33.4 Å². The lowest BCUT2D eigenvalue weighted by molar-refractivity contribution is 0.237. The first-order valence-electron chi connectivity index (χ1n) is 6.26. The number of benzene rings is 1. The highest BCUT2D eigenvalue weighted by atomic mass is 16.5. The highest BCUT2D eigenvalue weighted by Crippen LogP contribution is 2.22. The number of hydrogen-bond acceptors (Lipinski definition) is 4. The fraction of sp³-hybridized carbons (Fsp3) is 0.500. The molecule has 4 heteroatoms. The van der Waals surface area contributed by atoms with Crippen LogP contribution in [0.1, 0.15) is 18.4 Å². The third-order valence-electron chi connectivity index (χ3n) is 3.12. The maximum absolute atomic E-state index is 8.91. The lowest BCUT2D eigenvalue weighted by atomic mass is 10.2. The van der Waals surface area contributed by atoms with Crippen LogP contribution >= 0.6 is 0 Å². The largest absolute Gasteiger partial charge is 0.497 e. The average molecular weight is 246 g/mol. The van der Waals surface area contributed by atoms with Crippen LogP contribution in [0.2, 0.25) is 0 Å². The highest BCUT2D eigenvalue weighted by molar-refractivity contribution is 5.43. The van der Waals surface area contributed by atoms with Gasteiger partial charge in [-0.05, 0) is 38.1 Å². The summed E-state index contributed by atoms with van der Waals surface area (Å²) in [4.78, 5) is 2.39. The number of methoxy groups -OCH3 is 1. The van der Waals surface area contributed by atoms with Gasteiger partial charge in [-0.2, -0.15) is 5.26 Å². The molecule has 0 bridgehead atoms. The molecule has 0 radical (unpaired) electrons. The van der Waals surface area contributed by atoms with Gasteiger partial charge in [0, 0.05) is 12.6 Å². The summed E-state index contributed by atoms with van der Waals surface area (Å²) in [5.41, 5.74) is 0.561. The monoisotopic (exact) mass is 246 g/mol. The Bertz CT molecular complexity index is 434. The predicted octanol–water partition coefficient (Wildman–Crippen LogP) is 2.04. The van der Waals surface area contributed by atoms with Crippen molar-refractivity contribution in [1.29, 1.82) is 5.26 Å². The van der Waals surface area contributed by atoms with E-state index >= 15 is 0 Å². The first kappa shape index (κ1) is 12.7. The molecule has 2 rings (SSSR count). The molecule has 0 N–H and O–H groups in total. The Morgan fingerprint density at radius 1 is 1.22 bits per heavy atom. The van der Waals surface area contributed by atoms with Crippen molar-refractivity contribution in [2.45, 2.75) is 12.8 Å². The standard InChI is InChI=1S/C14H18N2O2/c1-17-13-8-12(11-15)9-14(10-13)18-7-6-16-4-2-3-5-16/h8-10H,2-7H2,1H3. The Morgan fingerprint density at radius 2 is 1.94 bits per heavy atom. The molecule has 0 aliphatic carbocycles. The Balaban J connectivity index is 1.89. The Kier molecular flexibility index (Phi) is 4.43. The number of hydrogen-bond donors (Lipinski definition) is 0. The van der Waals surface area contributed by atoms with Gasteiger partial charge >= 0.3 is 0 Å². The van der Waals surface area contributed by atoms with E-state index in [4.69, 9.17) is 14.7 Å². The summed E-state index contributed by atoms with van der Waals surface area (Å²) in [6.07, 6.45) is 2.58. The highest BCUT2D eigenvalue weighted by Gasteiger charge is 2.11. The molecule has 0 atom stereocenters. The van der Waals surface area contributed by atoms with E-state index in [0.29, 0.717) is 23.7 Å². The number of nitrogens with zero attached hydrogens (tertiary/aromatic N) is 2. The normalized spacial score (nSPS) is 15.3. The van der Waals surface area contributed by atoms with Crippen molar-refractivity contribution < 1.29 is 9.47 Å². The second kappa shape index (κ2) is 6.27. The van der Waals surface area contributed by atoms with Crippen molar-refractivity contribution in [3.63, 3.8) is 0 Å². The molecule has 0 spiro atoms. The second-order valence-corrected chi connectivity index (χ2v) is 4.41. The number of likely N-dealkylation sites (tertiary alicyclic amines) is 1. The Morgan fingerprint density at radius 3 is 2.61 bits per heavy atom. The van der Waals surface area contributed by atoms with E-state index < -0.39 is 0 Å². The fourth-order valence-electron chi connectivity index (χ4n) is 2.14. The summed E-state index contributed by atoms with van der Waals surface area (Å²) in [6.45, 7) is 3.94. The van der Waals surface area contributed by atoms with Crippen LogP contribution in [0, 0.1) is 11.3 Å². The van der Waals surface area contributed by atoms with Gasteiger partial charge in [0.15, 0.2) is 0 Å². The van der Waals surface area contributed by atoms with Crippen molar-refractivity contribution in [1.82, 2.24) is 4.90 Å². The van der Waals surface area contributed by atoms with Crippen LogP contribution in [-0.2, 0) is 0 Å². The quantitative estimate of drug-likeness (QED) is 0.797. The molecule has 4 nitrogen and oxygen atoms in total. The van der Waals surface area contributed by atoms with Gasteiger partial charge in [-0.3, -0.25) is 4.90 Å². The zero-order chi connectivity index (χ0) is 12.8. The second-order valence-electron chi connectivity index (χ2n) is 4.41. The molecule has 0 amide bonds. The minimum atomic E-state index is 0.561. The lowest BCUT2D eigenvalue weighted by Crippen LogP contribution is -2.25. The summed E-state index contributed by atoms with van der Waals surface area (Å²) >= 11 is 0. The molecule has 1 aliphatic heterocycles. The summed E-state index contributed by atoms with van der Waals surface area (Å²) < 4.78 is 10.8. The summed E-state index contributed by atoms with van der Waals surface area (Å²) in [7, 11) is 1.59. The molecule has 1 fully saturated rings. The van der Waals surface area contributed by atoms with Gasteiger partial charge in [0.05, 0.1) is 18.7 Å². The molecular weight excluding hydrogens is 228 g/mol. The van der Waals surface area contributed by atoms with E-state index in [1.165, 1.54) is 25.9 Å². The molecule has 0 saturated carbocycles. The number of rotatable bonds is 5. The van der Waals surface area contributed by atoms with Gasteiger partial charge in [-0.15, -0.1) is 0 Å².